The molecule has 2 amide bonds. The average Bonchev–Trinajstić information content (AvgIpc) is 2.61. The number of likely N-dealkylation sites (N-methyl/N-ethyl adjacent to an activating group) is 1. The summed E-state index contributed by atoms with van der Waals surface area (Å²) in [6.07, 6.45) is 0. The van der Waals surface area contributed by atoms with Crippen molar-refractivity contribution in [2.45, 2.75) is 13.0 Å². The highest BCUT2D eigenvalue weighted by Crippen LogP contribution is 2.22. The maximum absolute atomic E-state index is 12.4. The highest BCUT2D eigenvalue weighted by molar-refractivity contribution is 5.95. The Morgan fingerprint density at radius 3 is 2.38 bits per heavy atom. The third-order valence-electron chi connectivity index (χ3n) is 4.03. The molecule has 6 heteroatoms. The van der Waals surface area contributed by atoms with E-state index in [2.05, 4.69) is 15.5 Å². The lowest BCUT2D eigenvalue weighted by Crippen LogP contribution is -2.34. The van der Waals surface area contributed by atoms with Gasteiger partial charge >= 0.3 is 0 Å². The summed E-state index contributed by atoms with van der Waals surface area (Å²) in [4.78, 5) is 25.5. The third kappa shape index (κ3) is 5.32. The van der Waals surface area contributed by atoms with Crippen LogP contribution >= 0.6 is 0 Å². The summed E-state index contributed by atoms with van der Waals surface area (Å²) < 4.78 is 5.28. The van der Waals surface area contributed by atoms with Crippen molar-refractivity contribution in [2.24, 2.45) is 0 Å². The first-order valence-electron chi connectivity index (χ1n) is 8.37. The van der Waals surface area contributed by atoms with E-state index in [-0.39, 0.29) is 17.9 Å². The Hall–Kier alpha value is -2.86. The van der Waals surface area contributed by atoms with Gasteiger partial charge in [-0.15, -0.1) is 0 Å². The molecule has 0 aliphatic rings. The van der Waals surface area contributed by atoms with E-state index < -0.39 is 0 Å². The van der Waals surface area contributed by atoms with Crippen LogP contribution in [0.5, 0.6) is 5.75 Å². The first-order valence-corrected chi connectivity index (χ1v) is 8.37. The molecule has 6 nitrogen and oxygen atoms in total. The van der Waals surface area contributed by atoms with Gasteiger partial charge in [0, 0.05) is 24.7 Å². The molecule has 0 unspecified atom stereocenters. The lowest BCUT2D eigenvalue weighted by Gasteiger charge is -2.25. The number of carbonyl (C=O) groups excluding carboxylic acids is 2. The van der Waals surface area contributed by atoms with Crippen LogP contribution in [-0.4, -0.2) is 44.5 Å². The summed E-state index contributed by atoms with van der Waals surface area (Å²) in [5.74, 6) is 0.484. The average molecular weight is 355 g/mol. The van der Waals surface area contributed by atoms with Crippen molar-refractivity contribution in [3.8, 4) is 5.75 Å². The second-order valence-electron chi connectivity index (χ2n) is 6.22. The first kappa shape index (κ1) is 19.5. The minimum atomic E-state index is -0.158. The normalized spacial score (nSPS) is 11.7. The summed E-state index contributed by atoms with van der Waals surface area (Å²) in [7, 11) is 5.58. The Morgan fingerprint density at radius 2 is 1.81 bits per heavy atom. The molecule has 1 atom stereocenters. The SMILES string of the molecule is COc1cccc([C@@H](CNC(=O)c2ccc(NC(C)=O)cc2)N(C)C)c1. The summed E-state index contributed by atoms with van der Waals surface area (Å²) >= 11 is 0. The van der Waals surface area contributed by atoms with Crippen molar-refractivity contribution in [1.29, 1.82) is 0 Å². The smallest absolute Gasteiger partial charge is 0.251 e. The second kappa shape index (κ2) is 9.01. The maximum atomic E-state index is 12.4. The molecule has 2 N–H and O–H groups in total. The predicted octanol–water partition coefficient (Wildman–Crippen LogP) is 2.69. The Balaban J connectivity index is 2.04. The minimum Gasteiger partial charge on any atom is -0.497 e. The Morgan fingerprint density at radius 1 is 1.12 bits per heavy atom. The van der Waals surface area contributed by atoms with Gasteiger partial charge in [0.1, 0.15) is 5.75 Å². The number of ether oxygens (including phenoxy) is 1. The fourth-order valence-electron chi connectivity index (χ4n) is 2.65. The zero-order chi connectivity index (χ0) is 19.1. The Labute approximate surface area is 154 Å². The van der Waals surface area contributed by atoms with E-state index in [9.17, 15) is 9.59 Å². The van der Waals surface area contributed by atoms with Gasteiger partial charge < -0.3 is 20.3 Å². The number of nitrogens with one attached hydrogen (secondary N) is 2. The first-order chi connectivity index (χ1) is 12.4. The molecule has 0 fully saturated rings. The molecule has 2 aromatic carbocycles. The quantitative estimate of drug-likeness (QED) is 0.801. The number of methoxy groups -OCH3 is 1. The van der Waals surface area contributed by atoms with Crippen LogP contribution in [0.25, 0.3) is 0 Å². The highest BCUT2D eigenvalue weighted by Gasteiger charge is 2.16. The Bertz CT molecular complexity index is 757. The number of benzene rings is 2. The highest BCUT2D eigenvalue weighted by atomic mass is 16.5. The van der Waals surface area contributed by atoms with E-state index in [1.165, 1.54) is 6.92 Å². The fourth-order valence-corrected chi connectivity index (χ4v) is 2.65. The number of carbonyl (C=O) groups is 2. The van der Waals surface area contributed by atoms with Crippen LogP contribution in [0.4, 0.5) is 5.69 Å². The number of nitrogens with zero attached hydrogens (tertiary/aromatic N) is 1. The molecule has 2 rings (SSSR count). The van der Waals surface area contributed by atoms with E-state index in [0.717, 1.165) is 11.3 Å². The van der Waals surface area contributed by atoms with E-state index in [4.69, 9.17) is 4.74 Å². The molecular formula is C20H25N3O3. The fraction of sp³-hybridized carbons (Fsp3) is 0.300. The van der Waals surface area contributed by atoms with Gasteiger partial charge in [-0.1, -0.05) is 12.1 Å². The van der Waals surface area contributed by atoms with Crippen LogP contribution in [0.3, 0.4) is 0 Å². The second-order valence-corrected chi connectivity index (χ2v) is 6.22. The minimum absolute atomic E-state index is 0.0210. The van der Waals surface area contributed by atoms with E-state index in [1.807, 2.05) is 38.4 Å². The molecule has 0 radical (unpaired) electrons. The van der Waals surface area contributed by atoms with Crippen LogP contribution in [0.15, 0.2) is 48.5 Å². The molecule has 0 aromatic heterocycles. The molecule has 26 heavy (non-hydrogen) atoms. The molecule has 2 aromatic rings. The van der Waals surface area contributed by atoms with Crippen LogP contribution in [0, 0.1) is 0 Å². The van der Waals surface area contributed by atoms with Crippen molar-refractivity contribution >= 4 is 17.5 Å². The van der Waals surface area contributed by atoms with E-state index in [1.54, 1.807) is 31.4 Å². The van der Waals surface area contributed by atoms with Gasteiger partial charge in [-0.3, -0.25) is 9.59 Å². The molecule has 138 valence electrons. The third-order valence-corrected chi connectivity index (χ3v) is 4.03. The van der Waals surface area contributed by atoms with Gasteiger partial charge in [0.15, 0.2) is 0 Å². The van der Waals surface area contributed by atoms with Gasteiger partial charge in [-0.2, -0.15) is 0 Å². The molecule has 0 aliphatic heterocycles. The summed E-state index contributed by atoms with van der Waals surface area (Å²) in [6.45, 7) is 1.91. The van der Waals surface area contributed by atoms with Gasteiger partial charge in [-0.25, -0.2) is 0 Å². The zero-order valence-electron chi connectivity index (χ0n) is 15.6. The lowest BCUT2D eigenvalue weighted by atomic mass is 10.1. The van der Waals surface area contributed by atoms with Gasteiger partial charge in [0.05, 0.1) is 13.2 Å². The molecular weight excluding hydrogens is 330 g/mol. The summed E-state index contributed by atoms with van der Waals surface area (Å²) in [5.41, 5.74) is 2.27. The summed E-state index contributed by atoms with van der Waals surface area (Å²) in [6, 6.07) is 14.6. The molecule has 0 bridgehead atoms. The van der Waals surface area contributed by atoms with Crippen LogP contribution in [0.2, 0.25) is 0 Å². The van der Waals surface area contributed by atoms with E-state index >= 15 is 0 Å². The Kier molecular flexibility index (Phi) is 6.74. The molecule has 0 spiro atoms. The van der Waals surface area contributed by atoms with Gasteiger partial charge in [0.25, 0.3) is 5.91 Å². The number of amides is 2. The molecule has 0 heterocycles. The largest absolute Gasteiger partial charge is 0.497 e. The van der Waals surface area contributed by atoms with Crippen molar-refractivity contribution in [1.82, 2.24) is 10.2 Å². The molecule has 0 saturated carbocycles. The van der Waals surface area contributed by atoms with Crippen molar-refractivity contribution in [3.63, 3.8) is 0 Å². The topological polar surface area (TPSA) is 70.7 Å². The molecule has 0 aliphatic carbocycles. The van der Waals surface area contributed by atoms with Crippen molar-refractivity contribution in [2.75, 3.05) is 33.1 Å². The number of hydrogen-bond acceptors (Lipinski definition) is 4. The van der Waals surface area contributed by atoms with Gasteiger partial charge in [0.2, 0.25) is 5.91 Å². The maximum Gasteiger partial charge on any atom is 0.251 e. The molecule has 0 saturated heterocycles. The standard InChI is InChI=1S/C20H25N3O3/c1-14(24)22-17-10-8-15(9-11-17)20(25)21-13-19(23(2)3)16-6-5-7-18(12-16)26-4/h5-12,19H,13H2,1-4H3,(H,21,25)(H,22,24)/t19-/m1/s1. The van der Waals surface area contributed by atoms with E-state index in [0.29, 0.717) is 17.8 Å². The van der Waals surface area contributed by atoms with Crippen LogP contribution < -0.4 is 15.4 Å². The predicted molar refractivity (Wildman–Crippen MR) is 103 cm³/mol. The van der Waals surface area contributed by atoms with Crippen LogP contribution in [-0.2, 0) is 4.79 Å². The summed E-state index contributed by atoms with van der Waals surface area (Å²) in [5, 5.41) is 5.65. The number of anilines is 1. The van der Waals surface area contributed by atoms with Gasteiger partial charge in [-0.05, 0) is 56.1 Å². The van der Waals surface area contributed by atoms with Crippen LogP contribution in [0.1, 0.15) is 28.9 Å². The van der Waals surface area contributed by atoms with Crippen molar-refractivity contribution < 1.29 is 14.3 Å². The zero-order valence-corrected chi connectivity index (χ0v) is 15.6. The number of hydrogen-bond donors (Lipinski definition) is 2. The lowest BCUT2D eigenvalue weighted by molar-refractivity contribution is -0.114. The number of rotatable bonds is 7. The monoisotopic (exact) mass is 355 g/mol. The van der Waals surface area contributed by atoms with Crippen molar-refractivity contribution in [3.05, 3.63) is 59.7 Å².